The summed E-state index contributed by atoms with van der Waals surface area (Å²) in [5, 5.41) is 0. The second-order valence-electron chi connectivity index (χ2n) is 4.78. The van der Waals surface area contributed by atoms with Crippen LogP contribution in [0.5, 0.6) is 0 Å². The normalized spacial score (nSPS) is 20.8. The number of nitrogens with one attached hydrogen (secondary N) is 1. The van der Waals surface area contributed by atoms with Crippen LogP contribution in [0.2, 0.25) is 0 Å². The van der Waals surface area contributed by atoms with Gasteiger partial charge in [0.2, 0.25) is 10.0 Å². The van der Waals surface area contributed by atoms with Crippen molar-refractivity contribution in [3.05, 3.63) is 24.0 Å². The van der Waals surface area contributed by atoms with E-state index in [-0.39, 0.29) is 16.6 Å². The number of nitrogens with two attached hydrogens (primary N) is 1. The molecule has 1 aliphatic rings. The first-order valence-corrected chi connectivity index (χ1v) is 7.64. The number of nitrogens with zero attached hydrogens (tertiary/aromatic N) is 1. The first-order chi connectivity index (χ1) is 8.92. The fourth-order valence-corrected chi connectivity index (χ4v) is 3.48. The summed E-state index contributed by atoms with van der Waals surface area (Å²) in [6.45, 7) is 1.28. The average molecular weight is 287 g/mol. The third kappa shape index (κ3) is 3.05. The molecule has 1 saturated heterocycles. The molecule has 19 heavy (non-hydrogen) atoms. The second-order valence-corrected chi connectivity index (χ2v) is 6.52. The Balaban J connectivity index is 2.12. The lowest BCUT2D eigenvalue weighted by atomic mass is 10.2. The van der Waals surface area contributed by atoms with Crippen molar-refractivity contribution in [3.63, 3.8) is 0 Å². The van der Waals surface area contributed by atoms with Crippen LogP contribution in [-0.2, 0) is 10.0 Å². The highest BCUT2D eigenvalue weighted by molar-refractivity contribution is 7.89. The molecule has 1 fully saturated rings. The Morgan fingerprint density at radius 1 is 1.53 bits per heavy atom. The van der Waals surface area contributed by atoms with Gasteiger partial charge in [-0.1, -0.05) is 6.07 Å². The zero-order valence-electron chi connectivity index (χ0n) is 10.8. The number of benzene rings is 1. The van der Waals surface area contributed by atoms with Gasteiger partial charge in [-0.3, -0.25) is 0 Å². The van der Waals surface area contributed by atoms with E-state index in [0.717, 1.165) is 25.5 Å². The molecule has 0 saturated carbocycles. The van der Waals surface area contributed by atoms with Crippen molar-refractivity contribution < 1.29 is 12.8 Å². The van der Waals surface area contributed by atoms with Gasteiger partial charge in [0.25, 0.3) is 0 Å². The molecule has 0 bridgehead atoms. The van der Waals surface area contributed by atoms with Crippen LogP contribution < -0.4 is 10.5 Å². The summed E-state index contributed by atoms with van der Waals surface area (Å²) in [7, 11) is -1.81. The fourth-order valence-electron chi connectivity index (χ4n) is 2.27. The fraction of sp³-hybridized carbons (Fsp3) is 0.500. The summed E-state index contributed by atoms with van der Waals surface area (Å²) in [5.74, 6) is -0.721. The van der Waals surface area contributed by atoms with Crippen LogP contribution in [0.15, 0.2) is 23.1 Å². The minimum absolute atomic E-state index is 0.185. The number of para-hydroxylation sites is 1. The summed E-state index contributed by atoms with van der Waals surface area (Å²) in [5.41, 5.74) is 5.14. The summed E-state index contributed by atoms with van der Waals surface area (Å²) in [4.78, 5) is 1.91. The average Bonchev–Trinajstić information content (AvgIpc) is 2.76. The van der Waals surface area contributed by atoms with Crippen LogP contribution in [0.25, 0.3) is 0 Å². The van der Waals surface area contributed by atoms with E-state index < -0.39 is 15.8 Å². The summed E-state index contributed by atoms with van der Waals surface area (Å²) in [6.07, 6.45) is 2.02. The largest absolute Gasteiger partial charge is 0.395 e. The van der Waals surface area contributed by atoms with Crippen molar-refractivity contribution in [3.8, 4) is 0 Å². The van der Waals surface area contributed by atoms with E-state index in [1.165, 1.54) is 12.1 Å². The Kier molecular flexibility index (Phi) is 4.07. The molecule has 7 heteroatoms. The molecule has 106 valence electrons. The Labute approximate surface area is 112 Å². The van der Waals surface area contributed by atoms with Crippen molar-refractivity contribution in [2.75, 3.05) is 25.9 Å². The molecular formula is C12H18FN3O2S. The molecule has 0 aromatic heterocycles. The predicted molar refractivity (Wildman–Crippen MR) is 71.7 cm³/mol. The summed E-state index contributed by atoms with van der Waals surface area (Å²) < 4.78 is 40.0. The van der Waals surface area contributed by atoms with Crippen LogP contribution in [0.1, 0.15) is 12.8 Å². The number of likely N-dealkylation sites (tertiary alicyclic amines) is 1. The van der Waals surface area contributed by atoms with E-state index in [2.05, 4.69) is 9.62 Å². The molecule has 1 heterocycles. The van der Waals surface area contributed by atoms with Gasteiger partial charge < -0.3 is 10.6 Å². The van der Waals surface area contributed by atoms with Crippen LogP contribution in [0, 0.1) is 5.82 Å². The number of nitrogen functional groups attached to an aromatic ring is 1. The van der Waals surface area contributed by atoms with E-state index in [9.17, 15) is 12.8 Å². The maximum atomic E-state index is 13.3. The molecule has 3 N–H and O–H groups in total. The van der Waals surface area contributed by atoms with Crippen molar-refractivity contribution in [2.45, 2.75) is 23.8 Å². The van der Waals surface area contributed by atoms with Crippen LogP contribution in [0.4, 0.5) is 10.1 Å². The molecule has 0 radical (unpaired) electrons. The minimum Gasteiger partial charge on any atom is -0.395 e. The molecule has 1 aromatic carbocycles. The molecule has 1 unspecified atom stereocenters. The number of hydrogen-bond acceptors (Lipinski definition) is 4. The SMILES string of the molecule is CN1CCCC1CNS(=O)(=O)c1cccc(F)c1N. The number of likely N-dealkylation sites (N-methyl/N-ethyl adjacent to an activating group) is 1. The Morgan fingerprint density at radius 2 is 2.26 bits per heavy atom. The molecule has 0 spiro atoms. The first-order valence-electron chi connectivity index (χ1n) is 6.15. The van der Waals surface area contributed by atoms with Crippen LogP contribution in [0.3, 0.4) is 0 Å². The number of hydrogen-bond donors (Lipinski definition) is 2. The lowest BCUT2D eigenvalue weighted by molar-refractivity contribution is 0.311. The maximum Gasteiger partial charge on any atom is 0.242 e. The zero-order valence-corrected chi connectivity index (χ0v) is 11.6. The quantitative estimate of drug-likeness (QED) is 0.803. The lowest BCUT2D eigenvalue weighted by Gasteiger charge is -2.20. The Morgan fingerprint density at radius 3 is 2.89 bits per heavy atom. The van der Waals surface area contributed by atoms with Gasteiger partial charge in [0.05, 0.1) is 5.69 Å². The molecule has 0 amide bonds. The highest BCUT2D eigenvalue weighted by Gasteiger charge is 2.25. The summed E-state index contributed by atoms with van der Waals surface area (Å²) in [6, 6.07) is 3.96. The summed E-state index contributed by atoms with van der Waals surface area (Å²) >= 11 is 0. The number of anilines is 1. The van der Waals surface area contributed by atoms with Gasteiger partial charge in [0.15, 0.2) is 0 Å². The number of halogens is 1. The standard InChI is InChI=1S/C12H18FN3O2S/c1-16-7-3-4-9(16)8-15-19(17,18)11-6-2-5-10(13)12(11)14/h2,5-6,9,15H,3-4,7-8,14H2,1H3. The maximum absolute atomic E-state index is 13.3. The van der Waals surface area contributed by atoms with Crippen molar-refractivity contribution in [2.24, 2.45) is 0 Å². The van der Waals surface area contributed by atoms with Crippen LogP contribution >= 0.6 is 0 Å². The second kappa shape index (κ2) is 5.44. The van der Waals surface area contributed by atoms with Gasteiger partial charge in [-0.25, -0.2) is 17.5 Å². The van der Waals surface area contributed by atoms with Gasteiger partial charge in [0.1, 0.15) is 10.7 Å². The Bertz CT molecular complexity index is 562. The van der Waals surface area contributed by atoms with Crippen molar-refractivity contribution in [1.29, 1.82) is 0 Å². The molecule has 1 aliphatic heterocycles. The smallest absolute Gasteiger partial charge is 0.242 e. The van der Waals surface area contributed by atoms with Gasteiger partial charge in [-0.15, -0.1) is 0 Å². The van der Waals surface area contributed by atoms with E-state index in [0.29, 0.717) is 6.54 Å². The zero-order chi connectivity index (χ0) is 14.0. The lowest BCUT2D eigenvalue weighted by Crippen LogP contribution is -2.38. The van der Waals surface area contributed by atoms with Crippen LogP contribution in [-0.4, -0.2) is 39.5 Å². The molecular weight excluding hydrogens is 269 g/mol. The van der Waals surface area contributed by atoms with E-state index in [1.54, 1.807) is 0 Å². The highest BCUT2D eigenvalue weighted by Crippen LogP contribution is 2.21. The third-order valence-electron chi connectivity index (χ3n) is 3.48. The molecule has 2 rings (SSSR count). The van der Waals surface area contributed by atoms with Gasteiger partial charge >= 0.3 is 0 Å². The molecule has 0 aliphatic carbocycles. The Hall–Kier alpha value is -1.18. The first kappa shape index (κ1) is 14.2. The predicted octanol–water partition coefficient (Wildman–Crippen LogP) is 0.780. The van der Waals surface area contributed by atoms with Gasteiger partial charge in [-0.05, 0) is 38.6 Å². The van der Waals surface area contributed by atoms with Gasteiger partial charge in [0, 0.05) is 12.6 Å². The van der Waals surface area contributed by atoms with E-state index >= 15 is 0 Å². The third-order valence-corrected chi connectivity index (χ3v) is 4.96. The monoisotopic (exact) mass is 287 g/mol. The van der Waals surface area contributed by atoms with Crippen molar-refractivity contribution >= 4 is 15.7 Å². The molecule has 5 nitrogen and oxygen atoms in total. The highest BCUT2D eigenvalue weighted by atomic mass is 32.2. The number of sulfonamides is 1. The number of rotatable bonds is 4. The minimum atomic E-state index is -3.77. The molecule has 1 atom stereocenters. The van der Waals surface area contributed by atoms with E-state index in [1.807, 2.05) is 7.05 Å². The van der Waals surface area contributed by atoms with Crippen molar-refractivity contribution in [1.82, 2.24) is 9.62 Å². The van der Waals surface area contributed by atoms with E-state index in [4.69, 9.17) is 5.73 Å². The van der Waals surface area contributed by atoms with Gasteiger partial charge in [-0.2, -0.15) is 0 Å². The topological polar surface area (TPSA) is 75.4 Å². The molecule has 1 aromatic rings.